The average Bonchev–Trinajstić information content (AvgIpc) is 3.84. The largest absolute Gasteiger partial charge is 0.465 e. The van der Waals surface area contributed by atoms with Crippen LogP contribution in [-0.2, 0) is 24.4 Å². The Bertz CT molecular complexity index is 1820. The minimum Gasteiger partial charge on any atom is -0.465 e. The first kappa shape index (κ1) is 34.2. The Balaban J connectivity index is 1.27. The van der Waals surface area contributed by atoms with E-state index in [1.807, 2.05) is 83.1 Å². The highest BCUT2D eigenvalue weighted by molar-refractivity contribution is 7.91. The van der Waals surface area contributed by atoms with Crippen LogP contribution in [0.1, 0.15) is 72.3 Å². The number of amides is 3. The number of rotatable bonds is 11. The number of fused-ring (bicyclic) bond motifs is 1. The number of hydrogen-bond acceptors (Lipinski definition) is 9. The molecule has 3 N–H and O–H groups in total. The van der Waals surface area contributed by atoms with Crippen molar-refractivity contribution in [2.45, 2.75) is 102 Å². The normalized spacial score (nSPS) is 25.3. The molecule has 0 spiro atoms. The highest BCUT2D eigenvalue weighted by atomic mass is 32.2. The zero-order chi connectivity index (χ0) is 34.6. The number of aromatic nitrogens is 1. The van der Waals surface area contributed by atoms with E-state index in [-0.39, 0.29) is 24.8 Å². The van der Waals surface area contributed by atoms with E-state index >= 15 is 0 Å². The maximum atomic E-state index is 14.5. The van der Waals surface area contributed by atoms with Crippen LogP contribution < -0.4 is 20.1 Å². The lowest BCUT2D eigenvalue weighted by Gasteiger charge is -2.36. The molecule has 0 radical (unpaired) electrons. The van der Waals surface area contributed by atoms with Crippen molar-refractivity contribution in [1.29, 1.82) is 0 Å². The molecule has 3 aromatic rings. The van der Waals surface area contributed by atoms with Crippen LogP contribution in [0.15, 0.2) is 48.5 Å². The molecule has 1 aromatic heterocycles. The lowest BCUT2D eigenvalue weighted by molar-refractivity contribution is -0.141. The van der Waals surface area contributed by atoms with Crippen molar-refractivity contribution < 1.29 is 27.5 Å². The molecule has 48 heavy (non-hydrogen) atoms. The van der Waals surface area contributed by atoms with Crippen LogP contribution in [0, 0.1) is 18.3 Å². The van der Waals surface area contributed by atoms with E-state index in [2.05, 4.69) is 20.3 Å². The third kappa shape index (κ3) is 6.63. The first-order chi connectivity index (χ1) is 22.5. The molecule has 1 aliphatic heterocycles. The van der Waals surface area contributed by atoms with Crippen LogP contribution in [-0.4, -0.2) is 71.0 Å². The van der Waals surface area contributed by atoms with Crippen LogP contribution in [0.3, 0.4) is 0 Å². The standard InChI is InChI=1S/C35H45N5O6S2/c1-7-22-19-35(22,31(43)39-48(44,45)34(6)15-16-34)38-29(41)26-18-24(46-32-37-25-13-8-9-14-27(25)47-32)20-40(26)30(42)28(33(3,4)5)36-23-12-10-11-21(2)17-23/h8-14,17,22,24,26,28,36H,7,15-16,18-20H2,1-6H3,(H,38,41)(H,39,43)/t22-,24-,26+,28-,35-/m1/s1. The number of para-hydroxylation sites is 1. The summed E-state index contributed by atoms with van der Waals surface area (Å²) >= 11 is 1.40. The Labute approximate surface area is 286 Å². The van der Waals surface area contributed by atoms with Crippen molar-refractivity contribution in [3.63, 3.8) is 0 Å². The number of sulfonamides is 1. The fourth-order valence-corrected chi connectivity index (χ4v) is 8.72. The van der Waals surface area contributed by atoms with Gasteiger partial charge in [-0.05, 0) is 74.3 Å². The Morgan fingerprint density at radius 2 is 1.85 bits per heavy atom. The fraction of sp³-hybridized carbons (Fsp3) is 0.543. The number of likely N-dealkylation sites (tertiary alicyclic amines) is 1. The monoisotopic (exact) mass is 695 g/mol. The minimum absolute atomic E-state index is 0.137. The number of nitrogens with zero attached hydrogens (tertiary/aromatic N) is 2. The molecule has 2 aliphatic carbocycles. The van der Waals surface area contributed by atoms with Crippen LogP contribution in [0.2, 0.25) is 0 Å². The molecule has 2 heterocycles. The molecule has 11 nitrogen and oxygen atoms in total. The summed E-state index contributed by atoms with van der Waals surface area (Å²) in [6.45, 7) is 11.5. The highest BCUT2D eigenvalue weighted by Crippen LogP contribution is 2.48. The molecule has 6 rings (SSSR count). The lowest BCUT2D eigenvalue weighted by atomic mass is 9.85. The van der Waals surface area contributed by atoms with Crippen LogP contribution in [0.5, 0.6) is 5.19 Å². The van der Waals surface area contributed by atoms with Gasteiger partial charge in [0.25, 0.3) is 11.1 Å². The van der Waals surface area contributed by atoms with Gasteiger partial charge in [0.1, 0.15) is 23.7 Å². The Morgan fingerprint density at radius 1 is 1.12 bits per heavy atom. The summed E-state index contributed by atoms with van der Waals surface area (Å²) in [5.74, 6) is -1.73. The third-order valence-corrected chi connectivity index (χ3v) is 13.1. The van der Waals surface area contributed by atoms with E-state index in [1.54, 1.807) is 11.8 Å². The van der Waals surface area contributed by atoms with Crippen molar-refractivity contribution in [2.24, 2.45) is 11.3 Å². The molecular formula is C35H45N5O6S2. The average molecular weight is 696 g/mol. The topological polar surface area (TPSA) is 147 Å². The Kier molecular flexibility index (Phi) is 8.76. The predicted molar refractivity (Wildman–Crippen MR) is 186 cm³/mol. The van der Waals surface area contributed by atoms with E-state index in [9.17, 15) is 22.8 Å². The summed E-state index contributed by atoms with van der Waals surface area (Å²) in [6.07, 6.45) is 1.50. The van der Waals surface area contributed by atoms with E-state index < -0.39 is 55.7 Å². The quantitative estimate of drug-likeness (QED) is 0.260. The van der Waals surface area contributed by atoms with Crippen LogP contribution >= 0.6 is 11.3 Å². The number of thiazole rings is 1. The number of ether oxygens (including phenoxy) is 1. The third-order valence-electron chi connectivity index (χ3n) is 10.0. The molecule has 2 aromatic carbocycles. The van der Waals surface area contributed by atoms with Crippen LogP contribution in [0.4, 0.5) is 5.69 Å². The number of anilines is 1. The van der Waals surface area contributed by atoms with Gasteiger partial charge in [0.15, 0.2) is 0 Å². The second-order valence-electron chi connectivity index (χ2n) is 14.9. The van der Waals surface area contributed by atoms with Crippen molar-refractivity contribution >= 4 is 55.0 Å². The molecule has 2 saturated carbocycles. The number of carbonyl (C=O) groups excluding carboxylic acids is 3. The predicted octanol–water partition coefficient (Wildman–Crippen LogP) is 4.76. The minimum atomic E-state index is -3.90. The van der Waals surface area contributed by atoms with Crippen LogP contribution in [0.25, 0.3) is 10.2 Å². The van der Waals surface area contributed by atoms with Crippen molar-refractivity contribution in [1.82, 2.24) is 19.9 Å². The molecule has 3 amide bonds. The van der Waals surface area contributed by atoms with Gasteiger partial charge < -0.3 is 20.3 Å². The first-order valence-corrected chi connectivity index (χ1v) is 18.9. The van der Waals surface area contributed by atoms with Gasteiger partial charge in [-0.1, -0.05) is 69.7 Å². The van der Waals surface area contributed by atoms with Gasteiger partial charge in [-0.2, -0.15) is 0 Å². The molecule has 5 atom stereocenters. The highest BCUT2D eigenvalue weighted by Gasteiger charge is 2.63. The van der Waals surface area contributed by atoms with Gasteiger partial charge in [-0.15, -0.1) is 0 Å². The second kappa shape index (κ2) is 12.3. The lowest BCUT2D eigenvalue weighted by Crippen LogP contribution is -2.59. The molecule has 0 unspecified atom stereocenters. The van der Waals surface area contributed by atoms with Gasteiger partial charge in [0, 0.05) is 12.1 Å². The van der Waals surface area contributed by atoms with Gasteiger partial charge >= 0.3 is 0 Å². The zero-order valence-corrected chi connectivity index (χ0v) is 30.0. The van der Waals surface area contributed by atoms with Gasteiger partial charge in [0.2, 0.25) is 21.8 Å². The number of hydrogen-bond donors (Lipinski definition) is 3. The summed E-state index contributed by atoms with van der Waals surface area (Å²) < 4.78 is 34.5. The van der Waals surface area contributed by atoms with E-state index in [0.717, 1.165) is 21.5 Å². The van der Waals surface area contributed by atoms with E-state index in [0.29, 0.717) is 30.9 Å². The Hall–Kier alpha value is -3.71. The zero-order valence-electron chi connectivity index (χ0n) is 28.3. The van der Waals surface area contributed by atoms with Gasteiger partial charge in [0.05, 0.1) is 21.5 Å². The SMILES string of the molecule is CC[C@@H]1C[C@]1(NC(=O)[C@@H]1C[C@@H](Oc2nc3ccccc3s2)CN1C(=O)[C@@H](Nc1cccc(C)c1)C(C)(C)C)C(=O)NS(=O)(=O)C1(C)CC1. The molecule has 258 valence electrons. The number of aryl methyl sites for hydroxylation is 1. The van der Waals surface area contributed by atoms with Gasteiger partial charge in [-0.3, -0.25) is 19.1 Å². The number of nitrogens with one attached hydrogen (secondary N) is 3. The van der Waals surface area contributed by atoms with Crippen molar-refractivity contribution in [3.05, 3.63) is 54.1 Å². The van der Waals surface area contributed by atoms with Crippen molar-refractivity contribution in [3.8, 4) is 5.19 Å². The smallest absolute Gasteiger partial charge is 0.274 e. The van der Waals surface area contributed by atoms with Crippen molar-refractivity contribution in [2.75, 3.05) is 11.9 Å². The van der Waals surface area contributed by atoms with E-state index in [4.69, 9.17) is 4.74 Å². The van der Waals surface area contributed by atoms with E-state index in [1.165, 1.54) is 11.3 Å². The summed E-state index contributed by atoms with van der Waals surface area (Å²) in [5, 5.41) is 6.79. The van der Waals surface area contributed by atoms with Gasteiger partial charge in [-0.25, -0.2) is 13.4 Å². The maximum absolute atomic E-state index is 14.5. The molecule has 0 bridgehead atoms. The Morgan fingerprint density at radius 3 is 2.48 bits per heavy atom. The summed E-state index contributed by atoms with van der Waals surface area (Å²) in [5.41, 5.74) is 0.727. The molecule has 13 heteroatoms. The first-order valence-electron chi connectivity index (χ1n) is 16.6. The molecule has 3 fully saturated rings. The maximum Gasteiger partial charge on any atom is 0.274 e. The summed E-state index contributed by atoms with van der Waals surface area (Å²) in [4.78, 5) is 48.5. The molecule has 3 aliphatic rings. The summed E-state index contributed by atoms with van der Waals surface area (Å²) in [6, 6.07) is 13.8. The number of benzene rings is 2. The summed E-state index contributed by atoms with van der Waals surface area (Å²) in [7, 11) is -3.90. The molecule has 1 saturated heterocycles. The number of carbonyl (C=O) groups is 3. The molecular weight excluding hydrogens is 651 g/mol. The second-order valence-corrected chi connectivity index (χ2v) is 18.1. The fourth-order valence-electron chi connectivity index (χ4n) is 6.53.